The van der Waals surface area contributed by atoms with E-state index in [2.05, 4.69) is 46.5 Å². The van der Waals surface area contributed by atoms with Gasteiger partial charge in [0.1, 0.15) is 0 Å². The maximum Gasteiger partial charge on any atom is 0.216 e. The molecule has 1 nitrogen and oxygen atoms in total. The zero-order valence-electron chi connectivity index (χ0n) is 12.3. The van der Waals surface area contributed by atoms with Gasteiger partial charge in [0.15, 0.2) is 0 Å². The molecular formula is C15H29OSi. The second-order valence-electron chi connectivity index (χ2n) is 5.12. The predicted molar refractivity (Wildman–Crippen MR) is 78.4 cm³/mol. The highest BCUT2D eigenvalue weighted by atomic mass is 28.3. The third-order valence-corrected chi connectivity index (χ3v) is 5.48. The van der Waals surface area contributed by atoms with Crippen molar-refractivity contribution in [2.45, 2.75) is 77.8 Å². The van der Waals surface area contributed by atoms with Crippen LogP contribution in [0.25, 0.3) is 0 Å². The largest absolute Gasteiger partial charge is 0.415 e. The van der Waals surface area contributed by atoms with Crippen molar-refractivity contribution in [2.24, 2.45) is 0 Å². The molecule has 0 aromatic rings. The van der Waals surface area contributed by atoms with Crippen LogP contribution >= 0.6 is 0 Å². The second kappa shape index (κ2) is 10.9. The molecule has 0 saturated heterocycles. The third-order valence-electron chi connectivity index (χ3n) is 2.66. The maximum absolute atomic E-state index is 5.99. The first-order valence-corrected chi connectivity index (χ1v) is 8.61. The van der Waals surface area contributed by atoms with Gasteiger partial charge in [-0.15, -0.1) is 11.8 Å². The smallest absolute Gasteiger partial charge is 0.216 e. The van der Waals surface area contributed by atoms with Crippen LogP contribution in [-0.4, -0.2) is 15.6 Å². The molecule has 0 heterocycles. The Balaban J connectivity index is 3.61. The molecule has 99 valence electrons. The van der Waals surface area contributed by atoms with Gasteiger partial charge in [-0.3, -0.25) is 0 Å². The van der Waals surface area contributed by atoms with Crippen LogP contribution in [0.3, 0.4) is 0 Å². The fourth-order valence-electron chi connectivity index (χ4n) is 1.86. The van der Waals surface area contributed by atoms with E-state index in [1.807, 2.05) is 0 Å². The van der Waals surface area contributed by atoms with E-state index in [1.165, 1.54) is 19.3 Å². The summed E-state index contributed by atoms with van der Waals surface area (Å²) >= 11 is 0. The summed E-state index contributed by atoms with van der Waals surface area (Å²) in [6.07, 6.45) is 5.79. The molecule has 0 N–H and O–H groups in total. The van der Waals surface area contributed by atoms with Gasteiger partial charge in [-0.2, -0.15) is 0 Å². The molecule has 0 aliphatic heterocycles. The zero-order valence-corrected chi connectivity index (χ0v) is 13.3. The van der Waals surface area contributed by atoms with Crippen LogP contribution in [-0.2, 0) is 4.43 Å². The number of rotatable bonds is 8. The van der Waals surface area contributed by atoms with Crippen molar-refractivity contribution in [1.82, 2.24) is 0 Å². The molecule has 0 bridgehead atoms. The summed E-state index contributed by atoms with van der Waals surface area (Å²) in [4.78, 5) is 0. The minimum atomic E-state index is -0.647. The Bertz CT molecular complexity index is 217. The van der Waals surface area contributed by atoms with Gasteiger partial charge in [0.25, 0.3) is 0 Å². The first kappa shape index (κ1) is 16.7. The summed E-state index contributed by atoms with van der Waals surface area (Å²) in [5, 5.41) is 0. The third kappa shape index (κ3) is 9.44. The molecule has 0 aromatic heterocycles. The molecule has 0 rings (SSSR count). The molecule has 0 saturated carbocycles. The highest BCUT2D eigenvalue weighted by molar-refractivity contribution is 6.54. The lowest BCUT2D eigenvalue weighted by molar-refractivity contribution is 0.316. The summed E-state index contributed by atoms with van der Waals surface area (Å²) in [7, 11) is -0.647. The van der Waals surface area contributed by atoms with Crippen LogP contribution in [0, 0.1) is 11.8 Å². The Morgan fingerprint density at radius 1 is 0.941 bits per heavy atom. The van der Waals surface area contributed by atoms with Crippen LogP contribution in [0.5, 0.6) is 0 Å². The molecule has 0 aliphatic carbocycles. The van der Waals surface area contributed by atoms with E-state index in [9.17, 15) is 0 Å². The first-order valence-electron chi connectivity index (χ1n) is 7.04. The summed E-state index contributed by atoms with van der Waals surface area (Å²) in [5.41, 5.74) is 1.38. The molecule has 0 aromatic carbocycles. The van der Waals surface area contributed by atoms with Crippen molar-refractivity contribution < 1.29 is 4.43 Å². The van der Waals surface area contributed by atoms with Gasteiger partial charge in [0, 0.05) is 19.4 Å². The van der Waals surface area contributed by atoms with Crippen molar-refractivity contribution >= 4 is 9.04 Å². The van der Waals surface area contributed by atoms with Gasteiger partial charge in [-0.05, 0) is 17.5 Å². The van der Waals surface area contributed by atoms with Gasteiger partial charge in [0.05, 0.1) is 0 Å². The van der Waals surface area contributed by atoms with Crippen LogP contribution in [0.15, 0.2) is 0 Å². The fourth-order valence-corrected chi connectivity index (χ4v) is 4.20. The van der Waals surface area contributed by atoms with E-state index in [4.69, 9.17) is 4.43 Å². The first-order chi connectivity index (χ1) is 8.09. The zero-order chi connectivity index (χ0) is 13.1. The van der Waals surface area contributed by atoms with Crippen LogP contribution in [0.1, 0.15) is 66.7 Å². The second-order valence-corrected chi connectivity index (χ2v) is 8.52. The van der Waals surface area contributed by atoms with E-state index in [0.29, 0.717) is 11.1 Å². The molecule has 0 fully saturated rings. The molecular weight excluding hydrogens is 224 g/mol. The van der Waals surface area contributed by atoms with E-state index < -0.39 is 9.04 Å². The van der Waals surface area contributed by atoms with Crippen molar-refractivity contribution in [3.63, 3.8) is 0 Å². The van der Waals surface area contributed by atoms with E-state index >= 15 is 0 Å². The monoisotopic (exact) mass is 253 g/mol. The number of hydrogen-bond acceptors (Lipinski definition) is 1. The van der Waals surface area contributed by atoms with E-state index in [-0.39, 0.29) is 0 Å². The molecule has 0 spiro atoms. The van der Waals surface area contributed by atoms with Gasteiger partial charge in [-0.1, -0.05) is 47.5 Å². The minimum absolute atomic E-state index is 0.647. The Hall–Kier alpha value is -0.263. The summed E-state index contributed by atoms with van der Waals surface area (Å²) in [6, 6.07) is 0. The molecule has 1 radical (unpaired) electrons. The minimum Gasteiger partial charge on any atom is -0.415 e. The molecule has 0 atom stereocenters. The Kier molecular flexibility index (Phi) is 10.7. The summed E-state index contributed by atoms with van der Waals surface area (Å²) in [6.45, 7) is 12.1. The Morgan fingerprint density at radius 2 is 1.53 bits per heavy atom. The topological polar surface area (TPSA) is 9.23 Å². The average molecular weight is 253 g/mol. The summed E-state index contributed by atoms with van der Waals surface area (Å²) in [5.74, 6) is 6.45. The van der Waals surface area contributed by atoms with Crippen LogP contribution < -0.4 is 0 Å². The standard InChI is InChI=1S/C15H29OSi/c1-6-7-8-9-10-11-12-13-16-17(14(2)3)15(4)5/h14-15H,6-9,12-13H2,1-5H3. The molecule has 17 heavy (non-hydrogen) atoms. The van der Waals surface area contributed by atoms with Gasteiger partial charge in [-0.25, -0.2) is 0 Å². The van der Waals surface area contributed by atoms with E-state index in [1.54, 1.807) is 0 Å². The molecule has 2 heteroatoms. The Morgan fingerprint density at radius 3 is 2.06 bits per heavy atom. The number of hydrogen-bond donors (Lipinski definition) is 0. The van der Waals surface area contributed by atoms with Gasteiger partial charge >= 0.3 is 0 Å². The van der Waals surface area contributed by atoms with E-state index in [0.717, 1.165) is 19.4 Å². The van der Waals surface area contributed by atoms with Crippen molar-refractivity contribution in [3.05, 3.63) is 0 Å². The summed E-state index contributed by atoms with van der Waals surface area (Å²) < 4.78 is 5.99. The highest BCUT2D eigenvalue weighted by Gasteiger charge is 2.21. The van der Waals surface area contributed by atoms with Gasteiger partial charge < -0.3 is 4.43 Å². The lowest BCUT2D eigenvalue weighted by Crippen LogP contribution is -2.25. The van der Waals surface area contributed by atoms with Gasteiger partial charge in [0.2, 0.25) is 9.04 Å². The number of unbranched alkanes of at least 4 members (excludes halogenated alkanes) is 3. The highest BCUT2D eigenvalue weighted by Crippen LogP contribution is 2.20. The predicted octanol–water partition coefficient (Wildman–Crippen LogP) is 4.79. The SMILES string of the molecule is CCCCCC#CCCO[Si](C(C)C)C(C)C. The van der Waals surface area contributed by atoms with Crippen molar-refractivity contribution in [1.29, 1.82) is 0 Å². The lowest BCUT2D eigenvalue weighted by atomic mass is 10.2. The van der Waals surface area contributed by atoms with Crippen LogP contribution in [0.4, 0.5) is 0 Å². The normalized spacial score (nSPS) is 11.1. The van der Waals surface area contributed by atoms with Crippen LogP contribution in [0.2, 0.25) is 11.1 Å². The quantitative estimate of drug-likeness (QED) is 0.343. The molecule has 0 aliphatic rings. The average Bonchev–Trinajstić information content (AvgIpc) is 2.26. The van der Waals surface area contributed by atoms with Crippen molar-refractivity contribution in [2.75, 3.05) is 6.61 Å². The lowest BCUT2D eigenvalue weighted by Gasteiger charge is -2.21. The van der Waals surface area contributed by atoms with Crippen molar-refractivity contribution in [3.8, 4) is 11.8 Å². The molecule has 0 amide bonds. The molecule has 0 unspecified atom stereocenters. The fraction of sp³-hybridized carbons (Fsp3) is 0.867. The maximum atomic E-state index is 5.99. The Labute approximate surface area is 110 Å².